The van der Waals surface area contributed by atoms with Gasteiger partial charge in [0, 0.05) is 23.9 Å². The molecule has 4 rings (SSSR count). The van der Waals surface area contributed by atoms with Gasteiger partial charge in [-0.2, -0.15) is 0 Å². The van der Waals surface area contributed by atoms with Gasteiger partial charge in [0.2, 0.25) is 0 Å². The molecule has 4 heterocycles. The van der Waals surface area contributed by atoms with Gasteiger partial charge in [-0.05, 0) is 26.0 Å². The zero-order valence-corrected chi connectivity index (χ0v) is 14.3. The first-order chi connectivity index (χ1) is 11.2. The first-order valence-electron chi connectivity index (χ1n) is 8.09. The molecule has 0 N–H and O–H groups in total. The van der Waals surface area contributed by atoms with Crippen molar-refractivity contribution >= 4 is 11.3 Å². The van der Waals surface area contributed by atoms with E-state index >= 15 is 0 Å². The molecule has 0 aliphatic carbocycles. The molecule has 6 heteroatoms. The van der Waals surface area contributed by atoms with Crippen LogP contribution in [0, 0.1) is 19.8 Å². The van der Waals surface area contributed by atoms with E-state index in [1.54, 1.807) is 11.3 Å². The van der Waals surface area contributed by atoms with Crippen LogP contribution in [0.2, 0.25) is 0 Å². The molecule has 2 fully saturated rings. The molecule has 0 amide bonds. The molecule has 23 heavy (non-hydrogen) atoms. The molecule has 124 valence electrons. The highest BCUT2D eigenvalue weighted by molar-refractivity contribution is 7.09. The maximum atomic E-state index is 6.18. The van der Waals surface area contributed by atoms with Crippen LogP contribution in [-0.4, -0.2) is 41.8 Å². The smallest absolute Gasteiger partial charge is 0.118 e. The van der Waals surface area contributed by atoms with E-state index in [-0.39, 0.29) is 6.10 Å². The maximum absolute atomic E-state index is 6.18. The fourth-order valence-corrected chi connectivity index (χ4v) is 4.19. The number of thiazole rings is 1. The molecule has 5 nitrogen and oxygen atoms in total. The van der Waals surface area contributed by atoms with Crippen molar-refractivity contribution in [2.75, 3.05) is 19.8 Å². The molecule has 0 unspecified atom stereocenters. The highest BCUT2D eigenvalue weighted by atomic mass is 32.1. The van der Waals surface area contributed by atoms with Crippen LogP contribution in [0.25, 0.3) is 0 Å². The normalized spacial score (nSPS) is 27.7. The Bertz CT molecular complexity index is 668. The Morgan fingerprint density at radius 2 is 2.26 bits per heavy atom. The SMILES string of the molecule is Cc1ccc(CN2C[C@H](OCc3csc(C)n3)[C@H]3COC[C@H]32)o1. The standard InChI is InChI=1S/C17H22N2O3S/c1-11-3-4-14(22-11)5-19-6-17(15-8-20-9-16(15)19)21-7-13-10-23-12(2)18-13/h3-4,10,15-17H,5-9H2,1-2H3/t15-,16+,17-/m0/s1. The fraction of sp³-hybridized carbons (Fsp3) is 0.588. The molecular formula is C17H22N2O3S. The van der Waals surface area contributed by atoms with Gasteiger partial charge in [-0.1, -0.05) is 0 Å². The van der Waals surface area contributed by atoms with Crippen LogP contribution in [0.1, 0.15) is 22.2 Å². The summed E-state index contributed by atoms with van der Waals surface area (Å²) in [5.41, 5.74) is 1.03. The predicted molar refractivity (Wildman–Crippen MR) is 87.4 cm³/mol. The molecular weight excluding hydrogens is 312 g/mol. The van der Waals surface area contributed by atoms with Crippen molar-refractivity contribution in [3.8, 4) is 0 Å². The van der Waals surface area contributed by atoms with Crippen LogP contribution in [0.4, 0.5) is 0 Å². The van der Waals surface area contributed by atoms with Crippen LogP contribution in [0.3, 0.4) is 0 Å². The molecule has 2 aliphatic rings. The topological polar surface area (TPSA) is 47.7 Å². The number of rotatable bonds is 5. The highest BCUT2D eigenvalue weighted by Crippen LogP contribution is 2.33. The lowest BCUT2D eigenvalue weighted by Crippen LogP contribution is -2.32. The summed E-state index contributed by atoms with van der Waals surface area (Å²) in [4.78, 5) is 6.92. The minimum absolute atomic E-state index is 0.209. The number of hydrogen-bond acceptors (Lipinski definition) is 6. The Balaban J connectivity index is 1.40. The first kappa shape index (κ1) is 15.3. The van der Waals surface area contributed by atoms with Crippen molar-refractivity contribution in [3.63, 3.8) is 0 Å². The largest absolute Gasteiger partial charge is 0.465 e. The van der Waals surface area contributed by atoms with Gasteiger partial charge in [0.05, 0.1) is 43.2 Å². The maximum Gasteiger partial charge on any atom is 0.118 e. The second-order valence-corrected chi connectivity index (χ2v) is 7.48. The second kappa shape index (κ2) is 6.36. The number of aromatic nitrogens is 1. The molecule has 0 radical (unpaired) electrons. The van der Waals surface area contributed by atoms with Crippen molar-refractivity contribution in [1.29, 1.82) is 0 Å². The molecule has 0 spiro atoms. The molecule has 3 atom stereocenters. The van der Waals surface area contributed by atoms with E-state index in [0.29, 0.717) is 18.6 Å². The minimum Gasteiger partial charge on any atom is -0.465 e. The van der Waals surface area contributed by atoms with Gasteiger partial charge in [-0.15, -0.1) is 11.3 Å². The Morgan fingerprint density at radius 3 is 3.00 bits per heavy atom. The van der Waals surface area contributed by atoms with Gasteiger partial charge in [-0.25, -0.2) is 4.98 Å². The number of furan rings is 1. The van der Waals surface area contributed by atoms with Crippen LogP contribution in [-0.2, 0) is 22.6 Å². The van der Waals surface area contributed by atoms with Gasteiger partial charge in [0.25, 0.3) is 0 Å². The van der Waals surface area contributed by atoms with Gasteiger partial charge >= 0.3 is 0 Å². The summed E-state index contributed by atoms with van der Waals surface area (Å²) in [7, 11) is 0. The van der Waals surface area contributed by atoms with Gasteiger partial charge in [0.1, 0.15) is 11.5 Å². The minimum atomic E-state index is 0.209. The van der Waals surface area contributed by atoms with Gasteiger partial charge in [0.15, 0.2) is 0 Å². The number of aryl methyl sites for hydroxylation is 2. The van der Waals surface area contributed by atoms with E-state index in [9.17, 15) is 0 Å². The lowest BCUT2D eigenvalue weighted by atomic mass is 10.0. The average Bonchev–Trinajstić information content (AvgIpc) is 3.25. The molecule has 0 aromatic carbocycles. The van der Waals surface area contributed by atoms with Crippen LogP contribution >= 0.6 is 11.3 Å². The third kappa shape index (κ3) is 3.21. The Hall–Kier alpha value is -1.21. The second-order valence-electron chi connectivity index (χ2n) is 6.42. The highest BCUT2D eigenvalue weighted by Gasteiger charge is 2.46. The molecule has 2 saturated heterocycles. The zero-order chi connectivity index (χ0) is 15.8. The zero-order valence-electron chi connectivity index (χ0n) is 13.5. The van der Waals surface area contributed by atoms with Crippen LogP contribution in [0.5, 0.6) is 0 Å². The number of hydrogen-bond donors (Lipinski definition) is 0. The Morgan fingerprint density at radius 1 is 1.35 bits per heavy atom. The van der Waals surface area contributed by atoms with Crippen molar-refractivity contribution in [2.45, 2.75) is 39.1 Å². The molecule has 0 saturated carbocycles. The van der Waals surface area contributed by atoms with Crippen molar-refractivity contribution < 1.29 is 13.9 Å². The lowest BCUT2D eigenvalue weighted by Gasteiger charge is -2.20. The fourth-order valence-electron chi connectivity index (χ4n) is 3.59. The quantitative estimate of drug-likeness (QED) is 0.841. The van der Waals surface area contributed by atoms with Crippen molar-refractivity contribution in [2.24, 2.45) is 5.92 Å². The van der Waals surface area contributed by atoms with E-state index in [0.717, 1.165) is 48.5 Å². The average molecular weight is 334 g/mol. The molecule has 2 aromatic heterocycles. The van der Waals surface area contributed by atoms with E-state index in [4.69, 9.17) is 13.9 Å². The third-order valence-electron chi connectivity index (χ3n) is 4.72. The van der Waals surface area contributed by atoms with Crippen molar-refractivity contribution in [1.82, 2.24) is 9.88 Å². The van der Waals surface area contributed by atoms with Gasteiger partial charge < -0.3 is 13.9 Å². The first-order valence-corrected chi connectivity index (χ1v) is 8.97. The predicted octanol–water partition coefficient (Wildman–Crippen LogP) is 2.77. The summed E-state index contributed by atoms with van der Waals surface area (Å²) in [5, 5.41) is 3.17. The van der Waals surface area contributed by atoms with Crippen molar-refractivity contribution in [3.05, 3.63) is 39.7 Å². The van der Waals surface area contributed by atoms with E-state index in [1.807, 2.05) is 19.9 Å². The summed E-state index contributed by atoms with van der Waals surface area (Å²) in [6.07, 6.45) is 0.209. The summed E-state index contributed by atoms with van der Waals surface area (Å²) < 4.78 is 17.6. The third-order valence-corrected chi connectivity index (χ3v) is 5.54. The summed E-state index contributed by atoms with van der Waals surface area (Å²) in [6, 6.07) is 4.52. The van der Waals surface area contributed by atoms with E-state index in [2.05, 4.69) is 21.3 Å². The number of fused-ring (bicyclic) bond motifs is 1. The summed E-state index contributed by atoms with van der Waals surface area (Å²) in [6.45, 7) is 7.94. The molecule has 2 aromatic rings. The Kier molecular flexibility index (Phi) is 4.24. The van der Waals surface area contributed by atoms with Crippen LogP contribution in [0.15, 0.2) is 21.9 Å². The van der Waals surface area contributed by atoms with Gasteiger partial charge in [-0.3, -0.25) is 4.90 Å². The number of nitrogens with zero attached hydrogens (tertiary/aromatic N) is 2. The molecule has 2 aliphatic heterocycles. The summed E-state index contributed by atoms with van der Waals surface area (Å²) >= 11 is 1.67. The monoisotopic (exact) mass is 334 g/mol. The summed E-state index contributed by atoms with van der Waals surface area (Å²) in [5.74, 6) is 2.43. The van der Waals surface area contributed by atoms with Crippen LogP contribution < -0.4 is 0 Å². The number of likely N-dealkylation sites (tertiary alicyclic amines) is 1. The molecule has 0 bridgehead atoms. The lowest BCUT2D eigenvalue weighted by molar-refractivity contribution is 0.00722. The number of ether oxygens (including phenoxy) is 2. The Labute approximate surface area is 140 Å². The van der Waals surface area contributed by atoms with E-state index < -0.39 is 0 Å². The van der Waals surface area contributed by atoms with E-state index in [1.165, 1.54) is 0 Å².